The topological polar surface area (TPSA) is 12.5 Å². The summed E-state index contributed by atoms with van der Waals surface area (Å²) in [4.78, 5) is 2.09. The smallest absolute Gasteiger partial charge is 0.0997 e. The van der Waals surface area contributed by atoms with Crippen LogP contribution in [0.25, 0.3) is 0 Å². The van der Waals surface area contributed by atoms with Crippen molar-refractivity contribution in [3.8, 4) is 0 Å². The van der Waals surface area contributed by atoms with Crippen LogP contribution in [-0.2, 0) is 4.74 Å². The van der Waals surface area contributed by atoms with Gasteiger partial charge >= 0.3 is 0 Å². The first-order valence-electron chi connectivity index (χ1n) is 3.61. The molecule has 0 rings (SSSR count). The van der Waals surface area contributed by atoms with Crippen LogP contribution in [0.15, 0.2) is 0 Å². The first-order chi connectivity index (χ1) is 4.66. The molecule has 0 aliphatic heterocycles. The van der Waals surface area contributed by atoms with E-state index in [4.69, 9.17) is 4.74 Å². The molecule has 0 aromatic heterocycles. The second-order valence-corrected chi connectivity index (χ2v) is 3.11. The van der Waals surface area contributed by atoms with E-state index in [1.165, 1.54) is 0 Å². The van der Waals surface area contributed by atoms with E-state index in [0.29, 0.717) is 0 Å². The molecule has 0 aromatic rings. The van der Waals surface area contributed by atoms with Crippen LogP contribution in [0, 0.1) is 0 Å². The van der Waals surface area contributed by atoms with Crippen LogP contribution in [-0.4, -0.2) is 37.6 Å². The maximum atomic E-state index is 5.32. The van der Waals surface area contributed by atoms with E-state index >= 15 is 0 Å². The zero-order valence-corrected chi connectivity index (χ0v) is 7.90. The van der Waals surface area contributed by atoms with Crippen molar-refractivity contribution in [2.24, 2.45) is 0 Å². The second kappa shape index (κ2) is 6.01. The van der Waals surface area contributed by atoms with Crippen molar-refractivity contribution in [2.45, 2.75) is 18.8 Å². The van der Waals surface area contributed by atoms with Crippen LogP contribution in [0.3, 0.4) is 0 Å². The Balaban J connectivity index is 3.03. The van der Waals surface area contributed by atoms with Gasteiger partial charge in [-0.25, -0.2) is 0 Å². The Morgan fingerprint density at radius 3 is 2.50 bits per heavy atom. The van der Waals surface area contributed by atoms with Crippen molar-refractivity contribution in [1.29, 1.82) is 0 Å². The van der Waals surface area contributed by atoms with Gasteiger partial charge < -0.3 is 9.64 Å². The third-order valence-electron chi connectivity index (χ3n) is 1.20. The van der Waals surface area contributed by atoms with Gasteiger partial charge in [-0.3, -0.25) is 0 Å². The Kier molecular flexibility index (Phi) is 6.17. The lowest BCUT2D eigenvalue weighted by molar-refractivity contribution is 0.0974. The molecule has 0 saturated heterocycles. The van der Waals surface area contributed by atoms with Gasteiger partial charge in [0.25, 0.3) is 0 Å². The van der Waals surface area contributed by atoms with Gasteiger partial charge in [0.15, 0.2) is 0 Å². The van der Waals surface area contributed by atoms with Gasteiger partial charge in [-0.15, -0.1) is 12.6 Å². The third-order valence-corrected chi connectivity index (χ3v) is 1.71. The summed E-state index contributed by atoms with van der Waals surface area (Å²) < 4.78 is 5.32. The van der Waals surface area contributed by atoms with Crippen LogP contribution >= 0.6 is 12.6 Å². The summed E-state index contributed by atoms with van der Waals surface area (Å²) in [7, 11) is 4.06. The van der Waals surface area contributed by atoms with Gasteiger partial charge in [0.2, 0.25) is 0 Å². The number of likely N-dealkylation sites (N-methyl/N-ethyl adjacent to an activating group) is 1. The summed E-state index contributed by atoms with van der Waals surface area (Å²) >= 11 is 4.19. The minimum Gasteiger partial charge on any atom is -0.367 e. The van der Waals surface area contributed by atoms with E-state index < -0.39 is 0 Å². The van der Waals surface area contributed by atoms with Crippen molar-refractivity contribution in [1.82, 2.24) is 4.90 Å². The molecular weight excluding hydrogens is 146 g/mol. The maximum absolute atomic E-state index is 5.32. The van der Waals surface area contributed by atoms with Crippen LogP contribution in [0.1, 0.15) is 13.3 Å². The van der Waals surface area contributed by atoms with Gasteiger partial charge in [0.05, 0.1) is 12.0 Å². The van der Waals surface area contributed by atoms with Crippen LogP contribution in [0.5, 0.6) is 0 Å². The summed E-state index contributed by atoms with van der Waals surface area (Å²) in [6.07, 6.45) is 0.969. The predicted molar refractivity (Wildman–Crippen MR) is 47.6 cm³/mol. The predicted octanol–water partition coefficient (Wildman–Crippen LogP) is 1.23. The monoisotopic (exact) mass is 163 g/mol. The molecule has 0 radical (unpaired) electrons. The fourth-order valence-electron chi connectivity index (χ4n) is 0.489. The average Bonchev–Trinajstić information content (AvgIpc) is 1.87. The number of hydrogen-bond acceptors (Lipinski definition) is 3. The largest absolute Gasteiger partial charge is 0.367 e. The first kappa shape index (κ1) is 10.3. The summed E-state index contributed by atoms with van der Waals surface area (Å²) in [5, 5.41) is 0. The molecule has 0 fully saturated rings. The zero-order chi connectivity index (χ0) is 7.98. The van der Waals surface area contributed by atoms with Crippen molar-refractivity contribution in [2.75, 3.05) is 27.2 Å². The highest BCUT2D eigenvalue weighted by atomic mass is 32.1. The Morgan fingerprint density at radius 1 is 1.50 bits per heavy atom. The molecule has 0 bridgehead atoms. The molecule has 1 unspecified atom stereocenters. The molecule has 0 aromatic carbocycles. The van der Waals surface area contributed by atoms with E-state index in [-0.39, 0.29) is 5.44 Å². The molecule has 0 amide bonds. The van der Waals surface area contributed by atoms with Crippen molar-refractivity contribution >= 4 is 12.6 Å². The Hall–Kier alpha value is 0.270. The van der Waals surface area contributed by atoms with E-state index in [0.717, 1.165) is 19.6 Å². The van der Waals surface area contributed by atoms with Gasteiger partial charge in [-0.1, -0.05) is 6.92 Å². The number of thiol groups is 1. The minimum atomic E-state index is 0.111. The normalized spacial score (nSPS) is 14.1. The molecule has 0 spiro atoms. The molecule has 0 saturated carbocycles. The molecule has 0 aliphatic rings. The van der Waals surface area contributed by atoms with Crippen molar-refractivity contribution in [3.05, 3.63) is 0 Å². The van der Waals surface area contributed by atoms with Crippen LogP contribution in [0.2, 0.25) is 0 Å². The molecule has 0 heterocycles. The fourth-order valence-corrected chi connectivity index (χ4v) is 0.595. The summed E-state index contributed by atoms with van der Waals surface area (Å²) in [5.41, 5.74) is 0.111. The van der Waals surface area contributed by atoms with Gasteiger partial charge in [-0.2, -0.15) is 0 Å². The third kappa shape index (κ3) is 6.39. The van der Waals surface area contributed by atoms with Crippen LogP contribution < -0.4 is 0 Å². The Morgan fingerprint density at radius 2 is 2.10 bits per heavy atom. The first-order valence-corrected chi connectivity index (χ1v) is 4.12. The van der Waals surface area contributed by atoms with E-state index in [9.17, 15) is 0 Å². The van der Waals surface area contributed by atoms with Gasteiger partial charge in [0, 0.05) is 6.54 Å². The Bertz CT molecular complexity index is 78.0. The maximum Gasteiger partial charge on any atom is 0.0997 e. The lowest BCUT2D eigenvalue weighted by atomic mass is 10.5. The average molecular weight is 163 g/mol. The molecule has 0 N–H and O–H groups in total. The molecule has 0 aliphatic carbocycles. The van der Waals surface area contributed by atoms with Gasteiger partial charge in [-0.05, 0) is 20.5 Å². The summed E-state index contributed by atoms with van der Waals surface area (Å²) in [5.74, 6) is 0. The minimum absolute atomic E-state index is 0.111. The lowest BCUT2D eigenvalue weighted by Gasteiger charge is -2.12. The van der Waals surface area contributed by atoms with Crippen molar-refractivity contribution < 1.29 is 4.74 Å². The molecule has 10 heavy (non-hydrogen) atoms. The van der Waals surface area contributed by atoms with Crippen LogP contribution in [0.4, 0.5) is 0 Å². The molecule has 3 heteroatoms. The number of nitrogens with zero attached hydrogens (tertiary/aromatic N) is 1. The molecular formula is C7H17NOS. The molecule has 2 nitrogen and oxygen atoms in total. The summed E-state index contributed by atoms with van der Waals surface area (Å²) in [6, 6.07) is 0. The fraction of sp³-hybridized carbons (Fsp3) is 1.00. The highest BCUT2D eigenvalue weighted by molar-refractivity contribution is 7.80. The quantitative estimate of drug-likeness (QED) is 0.483. The molecule has 1 atom stereocenters. The second-order valence-electron chi connectivity index (χ2n) is 2.54. The lowest BCUT2D eigenvalue weighted by Crippen LogP contribution is -2.19. The molecule has 62 valence electrons. The standard InChI is InChI=1S/C7H17NOS/c1-4-7(10)9-6-5-8(2)3/h7,10H,4-6H2,1-3H3. The number of rotatable bonds is 5. The van der Waals surface area contributed by atoms with Crippen molar-refractivity contribution in [3.63, 3.8) is 0 Å². The summed E-state index contributed by atoms with van der Waals surface area (Å²) in [6.45, 7) is 3.80. The zero-order valence-electron chi connectivity index (χ0n) is 7.00. The number of ether oxygens (including phenoxy) is 1. The SMILES string of the molecule is CCC(S)OCCN(C)C. The Labute approximate surface area is 69.0 Å². The highest BCUT2D eigenvalue weighted by Gasteiger charge is 1.97. The van der Waals surface area contributed by atoms with E-state index in [1.807, 2.05) is 14.1 Å². The number of hydrogen-bond donors (Lipinski definition) is 1. The van der Waals surface area contributed by atoms with E-state index in [1.54, 1.807) is 0 Å². The van der Waals surface area contributed by atoms with E-state index in [2.05, 4.69) is 24.5 Å². The highest BCUT2D eigenvalue weighted by Crippen LogP contribution is 2.00. The van der Waals surface area contributed by atoms with Gasteiger partial charge in [0.1, 0.15) is 0 Å².